The molecule has 3 aromatic rings. The van der Waals surface area contributed by atoms with Crippen LogP contribution >= 0.6 is 0 Å². The molecule has 8 nitrogen and oxygen atoms in total. The average molecular weight is 440 g/mol. The summed E-state index contributed by atoms with van der Waals surface area (Å²) < 4.78 is 56.8. The van der Waals surface area contributed by atoms with Gasteiger partial charge in [-0.3, -0.25) is 14.5 Å². The van der Waals surface area contributed by atoms with Crippen LogP contribution in [0.15, 0.2) is 24.5 Å². The van der Waals surface area contributed by atoms with Crippen molar-refractivity contribution < 1.29 is 27.1 Å². The number of carbonyl (C=O) groups is 1. The van der Waals surface area contributed by atoms with Crippen LogP contribution in [0.3, 0.4) is 0 Å². The van der Waals surface area contributed by atoms with E-state index in [0.29, 0.717) is 22.2 Å². The fourth-order valence-corrected chi connectivity index (χ4v) is 2.73. The molecule has 12 heteroatoms. The quantitative estimate of drug-likeness (QED) is 0.541. The molecule has 0 saturated heterocycles. The number of nitrogens with zero attached hydrogens (tertiary/aromatic N) is 5. The van der Waals surface area contributed by atoms with Gasteiger partial charge in [-0.15, -0.1) is 10.2 Å². The summed E-state index contributed by atoms with van der Waals surface area (Å²) in [7, 11) is 0. The first kappa shape index (κ1) is 22.4. The number of alkyl halides is 4. The van der Waals surface area contributed by atoms with Gasteiger partial charge in [0.1, 0.15) is 5.69 Å². The summed E-state index contributed by atoms with van der Waals surface area (Å²) in [4.78, 5) is 16.5. The number of carbonyl (C=O) groups excluding carboxylic acids is 1. The van der Waals surface area contributed by atoms with Crippen molar-refractivity contribution in [3.05, 3.63) is 41.5 Å². The molecule has 0 saturated carbocycles. The van der Waals surface area contributed by atoms with E-state index in [2.05, 4.69) is 25.6 Å². The second kappa shape index (κ2) is 8.82. The van der Waals surface area contributed by atoms with Gasteiger partial charge in [-0.25, -0.2) is 8.78 Å². The highest BCUT2D eigenvalue weighted by Crippen LogP contribution is 2.25. The van der Waals surface area contributed by atoms with E-state index in [0.717, 1.165) is 0 Å². The predicted octanol–water partition coefficient (Wildman–Crippen LogP) is 3.00. The van der Waals surface area contributed by atoms with Crippen molar-refractivity contribution in [2.24, 2.45) is 0 Å². The minimum atomic E-state index is -4.28. The Labute approximate surface area is 174 Å². The van der Waals surface area contributed by atoms with Crippen LogP contribution < -0.4 is 10.1 Å². The Morgan fingerprint density at radius 1 is 1.29 bits per heavy atom. The van der Waals surface area contributed by atoms with Crippen molar-refractivity contribution in [2.45, 2.75) is 45.7 Å². The summed E-state index contributed by atoms with van der Waals surface area (Å²) in [5.41, 5.74) is 1.58. The van der Waals surface area contributed by atoms with Crippen molar-refractivity contribution in [1.82, 2.24) is 30.3 Å². The average Bonchev–Trinajstić information content (AvgIpc) is 3.08. The number of ether oxygens (including phenoxy) is 1. The normalized spacial score (nSPS) is 12.0. The van der Waals surface area contributed by atoms with Gasteiger partial charge in [0.2, 0.25) is 5.88 Å². The standard InChI is InChI=1S/C19H20F4N6O2/c1-10(2)25-16(30)15-13-8-29(28-14(13)4-5-24-15)7-12-6-11(3)17(27-26-12)31-9-19(22,23)18(20)21/h4-6,8,10,18H,7,9H2,1-3H3,(H,25,30). The van der Waals surface area contributed by atoms with Crippen LogP contribution in [0, 0.1) is 6.92 Å². The number of hydrogen-bond acceptors (Lipinski definition) is 6. The Bertz CT molecular complexity index is 1090. The van der Waals surface area contributed by atoms with E-state index in [9.17, 15) is 22.4 Å². The van der Waals surface area contributed by atoms with Gasteiger partial charge in [0.15, 0.2) is 6.61 Å². The van der Waals surface area contributed by atoms with E-state index in [4.69, 9.17) is 4.74 Å². The Hall–Kier alpha value is -3.31. The van der Waals surface area contributed by atoms with Gasteiger partial charge in [0.05, 0.1) is 23.1 Å². The first-order valence-electron chi connectivity index (χ1n) is 9.32. The van der Waals surface area contributed by atoms with Crippen molar-refractivity contribution >= 4 is 16.8 Å². The minimum absolute atomic E-state index is 0.0563. The maximum absolute atomic E-state index is 13.0. The molecule has 0 spiro atoms. The van der Waals surface area contributed by atoms with Crippen LogP contribution in [0.1, 0.15) is 35.6 Å². The number of aryl methyl sites for hydroxylation is 1. The molecular formula is C19H20F4N6O2. The molecule has 0 aromatic carbocycles. The number of aromatic nitrogens is 5. The number of nitrogens with one attached hydrogen (secondary N) is 1. The molecule has 0 unspecified atom stereocenters. The summed E-state index contributed by atoms with van der Waals surface area (Å²) in [5.74, 6) is -4.86. The molecule has 1 N–H and O–H groups in total. The van der Waals surface area contributed by atoms with Crippen LogP contribution in [0.4, 0.5) is 17.6 Å². The van der Waals surface area contributed by atoms with Gasteiger partial charge in [-0.05, 0) is 32.9 Å². The number of pyridine rings is 1. The largest absolute Gasteiger partial charge is 0.470 e. The molecule has 0 radical (unpaired) electrons. The molecule has 31 heavy (non-hydrogen) atoms. The summed E-state index contributed by atoms with van der Waals surface area (Å²) in [6.07, 6.45) is -0.710. The molecule has 3 aromatic heterocycles. The molecule has 0 aliphatic heterocycles. The fraction of sp³-hybridized carbons (Fsp3) is 0.421. The van der Waals surface area contributed by atoms with E-state index in [1.165, 1.54) is 23.9 Å². The zero-order valence-corrected chi connectivity index (χ0v) is 16.9. The third kappa shape index (κ3) is 5.25. The minimum Gasteiger partial charge on any atom is -0.470 e. The lowest BCUT2D eigenvalue weighted by Gasteiger charge is -2.16. The maximum Gasteiger partial charge on any atom is 0.340 e. The Balaban J connectivity index is 1.77. The summed E-state index contributed by atoms with van der Waals surface area (Å²) in [6, 6.07) is 3.13. The lowest BCUT2D eigenvalue weighted by molar-refractivity contribution is -0.148. The van der Waals surface area contributed by atoms with Gasteiger partial charge in [0, 0.05) is 24.0 Å². The smallest absolute Gasteiger partial charge is 0.340 e. The first-order chi connectivity index (χ1) is 14.6. The zero-order valence-electron chi connectivity index (χ0n) is 16.9. The lowest BCUT2D eigenvalue weighted by atomic mass is 10.2. The highest BCUT2D eigenvalue weighted by molar-refractivity contribution is 6.04. The molecular weight excluding hydrogens is 420 g/mol. The first-order valence-corrected chi connectivity index (χ1v) is 9.32. The van der Waals surface area contributed by atoms with Gasteiger partial charge >= 0.3 is 12.3 Å². The fourth-order valence-electron chi connectivity index (χ4n) is 2.73. The summed E-state index contributed by atoms with van der Waals surface area (Å²) in [6.45, 7) is 3.88. The number of hydrogen-bond donors (Lipinski definition) is 1. The third-order valence-corrected chi connectivity index (χ3v) is 4.15. The van der Waals surface area contributed by atoms with Crippen LogP contribution in [0.5, 0.6) is 5.88 Å². The van der Waals surface area contributed by atoms with Crippen molar-refractivity contribution in [3.8, 4) is 5.88 Å². The van der Waals surface area contributed by atoms with Gasteiger partial charge in [-0.2, -0.15) is 13.9 Å². The molecule has 0 fully saturated rings. The Kier molecular flexibility index (Phi) is 6.37. The molecule has 3 heterocycles. The lowest BCUT2D eigenvalue weighted by Crippen LogP contribution is -2.34. The molecule has 166 valence electrons. The van der Waals surface area contributed by atoms with Crippen LogP contribution in [-0.4, -0.2) is 55.9 Å². The van der Waals surface area contributed by atoms with Crippen molar-refractivity contribution in [2.75, 3.05) is 6.61 Å². The number of amides is 1. The zero-order chi connectivity index (χ0) is 22.8. The Morgan fingerprint density at radius 2 is 2.03 bits per heavy atom. The summed E-state index contributed by atoms with van der Waals surface area (Å²) >= 11 is 0. The highest BCUT2D eigenvalue weighted by Gasteiger charge is 2.42. The van der Waals surface area contributed by atoms with Gasteiger partial charge in [0.25, 0.3) is 5.91 Å². The Morgan fingerprint density at radius 3 is 2.68 bits per heavy atom. The monoisotopic (exact) mass is 440 g/mol. The molecule has 0 atom stereocenters. The second-order valence-corrected chi connectivity index (χ2v) is 7.22. The van der Waals surface area contributed by atoms with Gasteiger partial charge in [-0.1, -0.05) is 0 Å². The van der Waals surface area contributed by atoms with E-state index in [1.54, 1.807) is 12.3 Å². The van der Waals surface area contributed by atoms with Crippen LogP contribution in [0.2, 0.25) is 0 Å². The maximum atomic E-state index is 13.0. The SMILES string of the molecule is Cc1cc(Cn2cc3c(C(=O)NC(C)C)nccc3n2)nnc1OCC(F)(F)C(F)F. The van der Waals surface area contributed by atoms with Gasteiger partial charge < -0.3 is 10.1 Å². The molecule has 0 bridgehead atoms. The number of fused-ring (bicyclic) bond motifs is 1. The predicted molar refractivity (Wildman–Crippen MR) is 102 cm³/mol. The molecule has 1 amide bonds. The number of rotatable bonds is 8. The third-order valence-electron chi connectivity index (χ3n) is 4.15. The van der Waals surface area contributed by atoms with Crippen molar-refractivity contribution in [3.63, 3.8) is 0 Å². The second-order valence-electron chi connectivity index (χ2n) is 7.22. The molecule has 0 aliphatic carbocycles. The van der Waals surface area contributed by atoms with E-state index >= 15 is 0 Å². The highest BCUT2D eigenvalue weighted by atomic mass is 19.3. The number of halogens is 4. The van der Waals surface area contributed by atoms with Crippen LogP contribution in [-0.2, 0) is 6.54 Å². The van der Waals surface area contributed by atoms with Crippen LogP contribution in [0.25, 0.3) is 10.9 Å². The van der Waals surface area contributed by atoms with E-state index < -0.39 is 19.0 Å². The van der Waals surface area contributed by atoms with E-state index in [-0.39, 0.29) is 30.1 Å². The molecule has 3 rings (SSSR count). The van der Waals surface area contributed by atoms with E-state index in [1.807, 2.05) is 13.8 Å². The van der Waals surface area contributed by atoms with Crippen molar-refractivity contribution in [1.29, 1.82) is 0 Å². The summed E-state index contributed by atoms with van der Waals surface area (Å²) in [5, 5.41) is 15.3. The molecule has 0 aliphatic rings. The topological polar surface area (TPSA) is 94.8 Å².